The highest BCUT2D eigenvalue weighted by Crippen LogP contribution is 2.16. The van der Waals surface area contributed by atoms with E-state index in [1.807, 2.05) is 0 Å². The van der Waals surface area contributed by atoms with Crippen LogP contribution in [0.25, 0.3) is 0 Å². The zero-order valence-corrected chi connectivity index (χ0v) is 7.03. The first-order chi connectivity index (χ1) is 5.27. The number of β-amino-alcohol motifs (C(OH)–C–C–N with tert-alkyl or cyclic N) is 1. The Morgan fingerprint density at radius 3 is 2.73 bits per heavy atom. The Hall–Kier alpha value is -0.120. The maximum atomic E-state index is 9.47. The molecule has 2 unspecified atom stereocenters. The van der Waals surface area contributed by atoms with Gasteiger partial charge < -0.3 is 15.1 Å². The molecule has 1 saturated heterocycles. The van der Waals surface area contributed by atoms with Crippen molar-refractivity contribution < 1.29 is 10.2 Å². The molecule has 1 heterocycles. The minimum Gasteiger partial charge on any atom is -0.396 e. The predicted octanol–water partition coefficient (Wildman–Crippen LogP) is -0.319. The van der Waals surface area contributed by atoms with Gasteiger partial charge in [-0.3, -0.25) is 0 Å². The van der Waals surface area contributed by atoms with Gasteiger partial charge >= 0.3 is 0 Å². The monoisotopic (exact) mass is 159 g/mol. The van der Waals surface area contributed by atoms with Crippen LogP contribution in [0, 0.1) is 5.92 Å². The highest BCUT2D eigenvalue weighted by atomic mass is 16.3. The second-order valence-electron chi connectivity index (χ2n) is 3.19. The Morgan fingerprint density at radius 2 is 2.27 bits per heavy atom. The molecular weight excluding hydrogens is 142 g/mol. The van der Waals surface area contributed by atoms with Gasteiger partial charge in [0.15, 0.2) is 0 Å². The summed E-state index contributed by atoms with van der Waals surface area (Å²) in [6, 6.07) is 0. The first kappa shape index (κ1) is 8.97. The van der Waals surface area contributed by atoms with Crippen molar-refractivity contribution in [1.29, 1.82) is 0 Å². The van der Waals surface area contributed by atoms with Crippen LogP contribution >= 0.6 is 0 Å². The zero-order valence-electron chi connectivity index (χ0n) is 7.03. The van der Waals surface area contributed by atoms with Crippen molar-refractivity contribution in [3.05, 3.63) is 0 Å². The lowest BCUT2D eigenvalue weighted by Gasteiger charge is -2.34. The summed E-state index contributed by atoms with van der Waals surface area (Å²) in [6.07, 6.45) is 0.597. The van der Waals surface area contributed by atoms with E-state index < -0.39 is 0 Å². The summed E-state index contributed by atoms with van der Waals surface area (Å²) in [4.78, 5) is 2.21. The summed E-state index contributed by atoms with van der Waals surface area (Å²) in [5, 5.41) is 18.3. The standard InChI is InChI=1S/C8H17NO2/c1-2-9-4-3-7(6-10)8(11)5-9/h7-8,10-11H,2-6H2,1H3. The van der Waals surface area contributed by atoms with Gasteiger partial charge in [-0.05, 0) is 19.5 Å². The number of aliphatic hydroxyl groups is 2. The first-order valence-corrected chi connectivity index (χ1v) is 4.29. The van der Waals surface area contributed by atoms with Crippen molar-refractivity contribution in [2.75, 3.05) is 26.2 Å². The molecule has 0 amide bonds. The fourth-order valence-electron chi connectivity index (χ4n) is 1.55. The molecule has 1 fully saturated rings. The van der Waals surface area contributed by atoms with Gasteiger partial charge in [-0.25, -0.2) is 0 Å². The molecule has 0 aromatic heterocycles. The molecule has 0 spiro atoms. The van der Waals surface area contributed by atoms with Crippen molar-refractivity contribution in [2.24, 2.45) is 5.92 Å². The van der Waals surface area contributed by atoms with Crippen molar-refractivity contribution >= 4 is 0 Å². The molecule has 2 N–H and O–H groups in total. The fourth-order valence-corrected chi connectivity index (χ4v) is 1.55. The van der Waals surface area contributed by atoms with Gasteiger partial charge in [0, 0.05) is 19.1 Å². The smallest absolute Gasteiger partial charge is 0.0717 e. The van der Waals surface area contributed by atoms with Crippen LogP contribution in [-0.4, -0.2) is 47.5 Å². The van der Waals surface area contributed by atoms with E-state index in [2.05, 4.69) is 11.8 Å². The number of hydrogen-bond donors (Lipinski definition) is 2. The summed E-state index contributed by atoms with van der Waals surface area (Å²) < 4.78 is 0. The predicted molar refractivity (Wildman–Crippen MR) is 43.3 cm³/mol. The number of hydrogen-bond acceptors (Lipinski definition) is 3. The lowest BCUT2D eigenvalue weighted by molar-refractivity contribution is -0.0000522. The fraction of sp³-hybridized carbons (Fsp3) is 1.00. The van der Waals surface area contributed by atoms with Gasteiger partial charge in [0.2, 0.25) is 0 Å². The highest BCUT2D eigenvalue weighted by Gasteiger charge is 2.25. The minimum absolute atomic E-state index is 0.109. The molecule has 2 atom stereocenters. The van der Waals surface area contributed by atoms with Crippen molar-refractivity contribution in [2.45, 2.75) is 19.4 Å². The minimum atomic E-state index is -0.325. The van der Waals surface area contributed by atoms with Crippen molar-refractivity contribution in [3.8, 4) is 0 Å². The SMILES string of the molecule is CCN1CCC(CO)C(O)C1. The van der Waals surface area contributed by atoms with E-state index in [1.54, 1.807) is 0 Å². The Bertz CT molecular complexity index is 119. The van der Waals surface area contributed by atoms with E-state index >= 15 is 0 Å². The molecule has 3 heteroatoms. The molecule has 1 rings (SSSR count). The van der Waals surface area contributed by atoms with Gasteiger partial charge in [0.05, 0.1) is 6.10 Å². The molecular formula is C8H17NO2. The number of nitrogens with zero attached hydrogens (tertiary/aromatic N) is 1. The molecule has 66 valence electrons. The van der Waals surface area contributed by atoms with E-state index in [0.717, 1.165) is 26.1 Å². The third-order valence-corrected chi connectivity index (χ3v) is 2.49. The lowest BCUT2D eigenvalue weighted by Crippen LogP contribution is -2.44. The largest absolute Gasteiger partial charge is 0.396 e. The summed E-state index contributed by atoms with van der Waals surface area (Å²) in [5.74, 6) is 0.109. The van der Waals surface area contributed by atoms with E-state index in [1.165, 1.54) is 0 Å². The topological polar surface area (TPSA) is 43.7 Å². The van der Waals surface area contributed by atoms with Crippen LogP contribution in [0.15, 0.2) is 0 Å². The van der Waals surface area contributed by atoms with E-state index in [9.17, 15) is 5.11 Å². The van der Waals surface area contributed by atoms with Crippen LogP contribution < -0.4 is 0 Å². The summed E-state index contributed by atoms with van der Waals surface area (Å²) in [7, 11) is 0. The first-order valence-electron chi connectivity index (χ1n) is 4.29. The van der Waals surface area contributed by atoms with Gasteiger partial charge in [0.1, 0.15) is 0 Å². The number of piperidine rings is 1. The molecule has 11 heavy (non-hydrogen) atoms. The van der Waals surface area contributed by atoms with Crippen LogP contribution in [0.5, 0.6) is 0 Å². The van der Waals surface area contributed by atoms with Crippen LogP contribution in [0.3, 0.4) is 0 Å². The van der Waals surface area contributed by atoms with Crippen LogP contribution in [0.2, 0.25) is 0 Å². The Morgan fingerprint density at radius 1 is 1.55 bits per heavy atom. The quantitative estimate of drug-likeness (QED) is 0.580. The average molecular weight is 159 g/mol. The van der Waals surface area contributed by atoms with Crippen molar-refractivity contribution in [3.63, 3.8) is 0 Å². The summed E-state index contributed by atoms with van der Waals surface area (Å²) >= 11 is 0. The Kier molecular flexibility index (Phi) is 3.30. The maximum absolute atomic E-state index is 9.47. The molecule has 1 aliphatic rings. The highest BCUT2D eigenvalue weighted by molar-refractivity contribution is 4.78. The van der Waals surface area contributed by atoms with Gasteiger partial charge in [0.25, 0.3) is 0 Å². The third-order valence-electron chi connectivity index (χ3n) is 2.49. The average Bonchev–Trinajstić information content (AvgIpc) is 2.04. The zero-order chi connectivity index (χ0) is 8.27. The van der Waals surface area contributed by atoms with E-state index in [-0.39, 0.29) is 18.6 Å². The third kappa shape index (κ3) is 2.15. The normalized spacial score (nSPS) is 34.1. The van der Waals surface area contributed by atoms with Crippen LogP contribution in [0.1, 0.15) is 13.3 Å². The number of rotatable bonds is 2. The van der Waals surface area contributed by atoms with E-state index in [4.69, 9.17) is 5.11 Å². The molecule has 0 aromatic rings. The Balaban J connectivity index is 2.34. The molecule has 3 nitrogen and oxygen atoms in total. The van der Waals surface area contributed by atoms with Crippen LogP contribution in [-0.2, 0) is 0 Å². The number of likely N-dealkylation sites (N-methyl/N-ethyl adjacent to an activating group) is 1. The van der Waals surface area contributed by atoms with Gasteiger partial charge in [-0.15, -0.1) is 0 Å². The van der Waals surface area contributed by atoms with E-state index in [0.29, 0.717) is 0 Å². The molecule has 0 aromatic carbocycles. The summed E-state index contributed by atoms with van der Waals surface area (Å²) in [6.45, 7) is 4.94. The van der Waals surface area contributed by atoms with Gasteiger partial charge in [-0.2, -0.15) is 0 Å². The molecule has 0 aliphatic carbocycles. The molecule has 0 bridgehead atoms. The van der Waals surface area contributed by atoms with Gasteiger partial charge in [-0.1, -0.05) is 6.92 Å². The molecule has 0 radical (unpaired) electrons. The molecule has 1 aliphatic heterocycles. The second kappa shape index (κ2) is 4.04. The Labute approximate surface area is 67.6 Å². The summed E-state index contributed by atoms with van der Waals surface area (Å²) in [5.41, 5.74) is 0. The second-order valence-corrected chi connectivity index (χ2v) is 3.19. The number of likely N-dealkylation sites (tertiary alicyclic amines) is 1. The molecule has 0 saturated carbocycles. The maximum Gasteiger partial charge on any atom is 0.0717 e. The van der Waals surface area contributed by atoms with Crippen LogP contribution in [0.4, 0.5) is 0 Å². The van der Waals surface area contributed by atoms with Crippen molar-refractivity contribution in [1.82, 2.24) is 4.90 Å². The number of aliphatic hydroxyl groups excluding tert-OH is 2. The lowest BCUT2D eigenvalue weighted by atomic mass is 9.95.